The molecular weight excluding hydrogens is 268 g/mol. The fraction of sp³-hybridized carbons (Fsp3) is 0.385. The summed E-state index contributed by atoms with van der Waals surface area (Å²) in [7, 11) is 1.76. The zero-order valence-corrected chi connectivity index (χ0v) is 11.1. The zero-order valence-electron chi connectivity index (χ0n) is 10.3. The van der Waals surface area contributed by atoms with Crippen LogP contribution in [0.1, 0.15) is 12.0 Å². The molecule has 1 heterocycles. The Morgan fingerprint density at radius 1 is 1.63 bits per heavy atom. The van der Waals surface area contributed by atoms with E-state index in [2.05, 4.69) is 0 Å². The van der Waals surface area contributed by atoms with E-state index in [4.69, 9.17) is 26.7 Å². The summed E-state index contributed by atoms with van der Waals surface area (Å²) < 4.78 is 5.71. The molecule has 19 heavy (non-hydrogen) atoms. The molecule has 0 aliphatic carbocycles. The Morgan fingerprint density at radius 3 is 2.89 bits per heavy atom. The summed E-state index contributed by atoms with van der Waals surface area (Å²) >= 11 is 5.92. The van der Waals surface area contributed by atoms with E-state index in [1.165, 1.54) is 0 Å². The predicted octanol–water partition coefficient (Wildman–Crippen LogP) is 1.75. The third kappa shape index (κ3) is 2.98. The normalized spacial score (nSPS) is 23.0. The SMILES string of the molecule is CN1C[C@@H](Oc2ccc(C#N)c(Cl)c2)C[C@@H]1C(=O)O. The molecule has 2 atom stereocenters. The van der Waals surface area contributed by atoms with Gasteiger partial charge in [0.15, 0.2) is 0 Å². The highest BCUT2D eigenvalue weighted by atomic mass is 35.5. The molecule has 1 aromatic carbocycles. The second-order valence-corrected chi connectivity index (χ2v) is 4.93. The number of ether oxygens (including phenoxy) is 1. The van der Waals surface area contributed by atoms with Gasteiger partial charge in [0, 0.05) is 19.0 Å². The van der Waals surface area contributed by atoms with Crippen molar-refractivity contribution in [3.05, 3.63) is 28.8 Å². The van der Waals surface area contributed by atoms with Crippen molar-refractivity contribution in [1.82, 2.24) is 4.90 Å². The lowest BCUT2D eigenvalue weighted by Gasteiger charge is -2.14. The van der Waals surface area contributed by atoms with E-state index in [9.17, 15) is 4.79 Å². The number of hydrogen-bond acceptors (Lipinski definition) is 4. The number of nitrogens with zero attached hydrogens (tertiary/aromatic N) is 2. The number of likely N-dealkylation sites (tertiary alicyclic amines) is 1. The van der Waals surface area contributed by atoms with E-state index >= 15 is 0 Å². The Morgan fingerprint density at radius 2 is 2.37 bits per heavy atom. The number of carboxylic acids is 1. The van der Waals surface area contributed by atoms with Gasteiger partial charge in [-0.1, -0.05) is 11.6 Å². The van der Waals surface area contributed by atoms with Gasteiger partial charge in [0.2, 0.25) is 0 Å². The minimum absolute atomic E-state index is 0.185. The van der Waals surface area contributed by atoms with Crippen LogP contribution in [-0.4, -0.2) is 41.7 Å². The lowest BCUT2D eigenvalue weighted by Crippen LogP contribution is -2.32. The van der Waals surface area contributed by atoms with Gasteiger partial charge in [-0.2, -0.15) is 5.26 Å². The maximum Gasteiger partial charge on any atom is 0.321 e. The first kappa shape index (κ1) is 13.7. The van der Waals surface area contributed by atoms with Gasteiger partial charge in [-0.05, 0) is 19.2 Å². The van der Waals surface area contributed by atoms with Crippen LogP contribution in [0.3, 0.4) is 0 Å². The number of likely N-dealkylation sites (N-methyl/N-ethyl adjacent to an activating group) is 1. The summed E-state index contributed by atoms with van der Waals surface area (Å²) in [4.78, 5) is 12.7. The number of carboxylic acid groups (broad SMARTS) is 1. The molecule has 1 fully saturated rings. The maximum absolute atomic E-state index is 11.0. The summed E-state index contributed by atoms with van der Waals surface area (Å²) in [5.74, 6) is -0.292. The minimum Gasteiger partial charge on any atom is -0.489 e. The molecule has 0 saturated carbocycles. The highest BCUT2D eigenvalue weighted by molar-refractivity contribution is 6.31. The fourth-order valence-electron chi connectivity index (χ4n) is 2.18. The molecule has 1 saturated heterocycles. The summed E-state index contributed by atoms with van der Waals surface area (Å²) in [6.07, 6.45) is 0.249. The number of carbonyl (C=O) groups is 1. The average molecular weight is 281 g/mol. The molecule has 100 valence electrons. The van der Waals surface area contributed by atoms with Crippen molar-refractivity contribution >= 4 is 17.6 Å². The van der Waals surface area contributed by atoms with E-state index < -0.39 is 12.0 Å². The van der Waals surface area contributed by atoms with Crippen molar-refractivity contribution in [3.63, 3.8) is 0 Å². The monoisotopic (exact) mass is 280 g/mol. The van der Waals surface area contributed by atoms with Crippen LogP contribution in [0.5, 0.6) is 5.75 Å². The van der Waals surface area contributed by atoms with Crippen LogP contribution in [0.15, 0.2) is 18.2 Å². The Bertz CT molecular complexity index is 541. The van der Waals surface area contributed by atoms with E-state index in [0.717, 1.165) is 0 Å². The van der Waals surface area contributed by atoms with Crippen molar-refractivity contribution in [2.24, 2.45) is 0 Å². The Labute approximate surface area is 116 Å². The van der Waals surface area contributed by atoms with Gasteiger partial charge in [-0.3, -0.25) is 9.69 Å². The molecular formula is C13H13ClN2O3. The predicted molar refractivity (Wildman–Crippen MR) is 69.3 cm³/mol. The number of aliphatic carboxylic acids is 1. The van der Waals surface area contributed by atoms with Crippen LogP contribution in [0.4, 0.5) is 0 Å². The molecule has 0 amide bonds. The van der Waals surface area contributed by atoms with E-state index in [-0.39, 0.29) is 6.10 Å². The Kier molecular flexibility index (Phi) is 3.93. The lowest BCUT2D eigenvalue weighted by molar-refractivity contribution is -0.141. The first-order valence-electron chi connectivity index (χ1n) is 5.80. The van der Waals surface area contributed by atoms with Crippen molar-refractivity contribution in [1.29, 1.82) is 5.26 Å². The second kappa shape index (κ2) is 5.47. The molecule has 1 aliphatic rings. The number of nitriles is 1. The average Bonchev–Trinajstić information content (AvgIpc) is 2.70. The van der Waals surface area contributed by atoms with E-state index in [0.29, 0.717) is 29.3 Å². The van der Waals surface area contributed by atoms with E-state index in [1.807, 2.05) is 6.07 Å². The molecule has 0 aromatic heterocycles. The van der Waals surface area contributed by atoms with Crippen LogP contribution in [0.2, 0.25) is 5.02 Å². The summed E-state index contributed by atoms with van der Waals surface area (Å²) in [6.45, 7) is 0.550. The highest BCUT2D eigenvalue weighted by Gasteiger charge is 2.35. The van der Waals surface area contributed by atoms with Gasteiger partial charge in [0.25, 0.3) is 0 Å². The van der Waals surface area contributed by atoms with Crippen LogP contribution in [-0.2, 0) is 4.79 Å². The molecule has 6 heteroatoms. The molecule has 0 radical (unpaired) electrons. The standard InChI is InChI=1S/C13H13ClN2O3/c1-16-7-10(5-12(16)13(17)18)19-9-3-2-8(6-15)11(14)4-9/h2-4,10,12H,5,7H2,1H3,(H,17,18)/t10-,12+/m0/s1. The van der Waals surface area contributed by atoms with Crippen molar-refractivity contribution in [3.8, 4) is 11.8 Å². The molecule has 1 aliphatic heterocycles. The topological polar surface area (TPSA) is 73.6 Å². The van der Waals surface area contributed by atoms with Crippen LogP contribution in [0, 0.1) is 11.3 Å². The molecule has 0 unspecified atom stereocenters. The minimum atomic E-state index is -0.841. The summed E-state index contributed by atoms with van der Waals surface area (Å²) in [5, 5.41) is 18.1. The Hall–Kier alpha value is -1.77. The molecule has 5 nitrogen and oxygen atoms in total. The molecule has 1 aromatic rings. The van der Waals surface area contributed by atoms with Gasteiger partial charge < -0.3 is 9.84 Å². The zero-order chi connectivity index (χ0) is 14.0. The summed E-state index contributed by atoms with van der Waals surface area (Å²) in [6, 6.07) is 6.29. The molecule has 0 spiro atoms. The first-order chi connectivity index (χ1) is 9.01. The van der Waals surface area contributed by atoms with Crippen molar-refractivity contribution in [2.45, 2.75) is 18.6 Å². The first-order valence-corrected chi connectivity index (χ1v) is 6.18. The highest BCUT2D eigenvalue weighted by Crippen LogP contribution is 2.26. The van der Waals surface area contributed by atoms with Crippen LogP contribution >= 0.6 is 11.6 Å². The largest absolute Gasteiger partial charge is 0.489 e. The molecule has 1 N–H and O–H groups in total. The van der Waals surface area contributed by atoms with Gasteiger partial charge in [-0.15, -0.1) is 0 Å². The fourth-order valence-corrected chi connectivity index (χ4v) is 2.39. The number of hydrogen-bond donors (Lipinski definition) is 1. The number of halogens is 1. The lowest BCUT2D eigenvalue weighted by atomic mass is 10.2. The van der Waals surface area contributed by atoms with Crippen molar-refractivity contribution in [2.75, 3.05) is 13.6 Å². The number of rotatable bonds is 3. The molecule has 2 rings (SSSR count). The van der Waals surface area contributed by atoms with Gasteiger partial charge in [0.1, 0.15) is 24.0 Å². The molecule has 0 bridgehead atoms. The quantitative estimate of drug-likeness (QED) is 0.913. The smallest absolute Gasteiger partial charge is 0.321 e. The van der Waals surface area contributed by atoms with Crippen molar-refractivity contribution < 1.29 is 14.6 Å². The maximum atomic E-state index is 11.0. The van der Waals surface area contributed by atoms with Gasteiger partial charge >= 0.3 is 5.97 Å². The van der Waals surface area contributed by atoms with Gasteiger partial charge in [-0.25, -0.2) is 0 Å². The van der Waals surface area contributed by atoms with Crippen LogP contribution < -0.4 is 4.74 Å². The third-order valence-electron chi connectivity index (χ3n) is 3.16. The third-order valence-corrected chi connectivity index (χ3v) is 3.47. The van der Waals surface area contributed by atoms with Crippen LogP contribution in [0.25, 0.3) is 0 Å². The number of benzene rings is 1. The summed E-state index contributed by atoms with van der Waals surface area (Å²) in [5.41, 5.74) is 0.390. The Balaban J connectivity index is 2.05. The second-order valence-electron chi connectivity index (χ2n) is 4.52. The van der Waals surface area contributed by atoms with E-state index in [1.54, 1.807) is 30.1 Å². The van der Waals surface area contributed by atoms with Gasteiger partial charge in [0.05, 0.1) is 10.6 Å².